The van der Waals surface area contributed by atoms with Crippen molar-refractivity contribution in [2.45, 2.75) is 23.6 Å². The van der Waals surface area contributed by atoms with E-state index in [2.05, 4.69) is 8.73 Å². The van der Waals surface area contributed by atoms with Crippen LogP contribution in [0.3, 0.4) is 0 Å². The second-order valence-electron chi connectivity index (χ2n) is 5.58. The van der Waals surface area contributed by atoms with E-state index in [9.17, 15) is 29.8 Å². The second-order valence-corrected chi connectivity index (χ2v) is 9.78. The molecule has 14 heteroatoms. The molecule has 0 bridgehead atoms. The number of amides is 2. The fourth-order valence-corrected chi connectivity index (χ4v) is 6.54. The van der Waals surface area contributed by atoms with Crippen LogP contribution < -0.4 is 0 Å². The number of hydrogen-bond acceptors (Lipinski definition) is 8. The normalized spacial score (nSPS) is 12.7. The predicted octanol–water partition coefficient (Wildman–Crippen LogP) is 4.75. The van der Waals surface area contributed by atoms with Gasteiger partial charge in [-0.1, -0.05) is 0 Å². The highest BCUT2D eigenvalue weighted by Crippen LogP contribution is 2.26. The number of nitro groups is 2. The molecule has 2 aromatic carbocycles. The van der Waals surface area contributed by atoms with Crippen molar-refractivity contribution in [3.8, 4) is 0 Å². The zero-order chi connectivity index (χ0) is 23.7. The van der Waals surface area contributed by atoms with E-state index in [0.717, 1.165) is 0 Å². The number of nitro benzene ring substituents is 2. The smallest absolute Gasteiger partial charge is 0.440 e. The number of nitrogens with zero attached hydrogens (tertiary/aromatic N) is 4. The van der Waals surface area contributed by atoms with Gasteiger partial charge >= 0.3 is 12.2 Å². The minimum atomic E-state index is -1.45. The molecule has 0 aliphatic rings. The lowest BCUT2D eigenvalue weighted by Crippen LogP contribution is -2.09. The second kappa shape index (κ2) is 11.8. The molecule has 0 spiro atoms. The summed E-state index contributed by atoms with van der Waals surface area (Å²) in [5.41, 5.74) is -0.350. The highest BCUT2D eigenvalue weighted by atomic mass is 33.1. The third-order valence-electron chi connectivity index (χ3n) is 3.50. The van der Waals surface area contributed by atoms with Gasteiger partial charge in [-0.15, -0.1) is 8.73 Å². The summed E-state index contributed by atoms with van der Waals surface area (Å²) in [6.07, 6.45) is -1.82. The van der Waals surface area contributed by atoms with Crippen molar-refractivity contribution in [2.24, 2.45) is 8.73 Å². The average molecular weight is 482 g/mol. The molecule has 2 atom stereocenters. The Hall–Kier alpha value is -3.52. The summed E-state index contributed by atoms with van der Waals surface area (Å²) in [4.78, 5) is 45.9. The Morgan fingerprint density at radius 3 is 1.31 bits per heavy atom. The van der Waals surface area contributed by atoms with Gasteiger partial charge in [-0.25, -0.2) is 9.59 Å². The number of carbonyl (C=O) groups is 2. The molecule has 170 valence electrons. The average Bonchev–Trinajstić information content (AvgIpc) is 2.76. The van der Waals surface area contributed by atoms with Crippen molar-refractivity contribution in [1.29, 1.82) is 0 Å². The van der Waals surface area contributed by atoms with Crippen LogP contribution in [0.1, 0.15) is 13.8 Å². The first kappa shape index (κ1) is 24.7. The molecule has 2 amide bonds. The lowest BCUT2D eigenvalue weighted by molar-refractivity contribution is -0.385. The molecule has 0 aliphatic heterocycles. The summed E-state index contributed by atoms with van der Waals surface area (Å²) in [7, 11) is -2.91. The van der Waals surface area contributed by atoms with Gasteiger partial charge in [-0.05, 0) is 38.1 Å². The van der Waals surface area contributed by atoms with Gasteiger partial charge in [-0.3, -0.25) is 20.2 Å². The van der Waals surface area contributed by atoms with Crippen molar-refractivity contribution in [2.75, 3.05) is 13.2 Å². The minimum Gasteiger partial charge on any atom is -0.448 e. The first-order valence-electron chi connectivity index (χ1n) is 9.02. The molecule has 32 heavy (non-hydrogen) atoms. The van der Waals surface area contributed by atoms with E-state index < -0.39 is 41.5 Å². The Bertz CT molecular complexity index is 998. The van der Waals surface area contributed by atoms with Gasteiger partial charge in [0.25, 0.3) is 11.4 Å². The lowest BCUT2D eigenvalue weighted by atomic mass is 10.3. The Balaban J connectivity index is 2.69. The number of rotatable bonds is 7. The molecule has 12 nitrogen and oxygen atoms in total. The van der Waals surface area contributed by atoms with E-state index in [-0.39, 0.29) is 24.6 Å². The van der Waals surface area contributed by atoms with Crippen molar-refractivity contribution < 1.29 is 28.9 Å². The summed E-state index contributed by atoms with van der Waals surface area (Å²) >= 11 is 0. The highest BCUT2D eigenvalue weighted by Gasteiger charge is 2.19. The molecule has 0 saturated carbocycles. The van der Waals surface area contributed by atoms with E-state index in [1.54, 1.807) is 13.8 Å². The number of hydrogen-bond donors (Lipinski definition) is 0. The van der Waals surface area contributed by atoms with Crippen molar-refractivity contribution in [1.82, 2.24) is 0 Å². The summed E-state index contributed by atoms with van der Waals surface area (Å²) < 4.78 is 17.9. The Morgan fingerprint density at radius 2 is 1.06 bits per heavy atom. The summed E-state index contributed by atoms with van der Waals surface area (Å²) in [5.74, 6) is 0. The van der Waals surface area contributed by atoms with Crippen LogP contribution in [0.5, 0.6) is 0 Å². The molecule has 0 saturated heterocycles. The fourth-order valence-electron chi connectivity index (χ4n) is 2.16. The van der Waals surface area contributed by atoms with Crippen molar-refractivity contribution in [3.63, 3.8) is 0 Å². The van der Waals surface area contributed by atoms with E-state index in [1.165, 1.54) is 48.5 Å². The first-order valence-corrected chi connectivity index (χ1v) is 11.9. The topological polar surface area (TPSA) is 164 Å². The van der Waals surface area contributed by atoms with E-state index in [0.29, 0.717) is 9.79 Å². The summed E-state index contributed by atoms with van der Waals surface area (Å²) in [6.45, 7) is 3.30. The van der Waals surface area contributed by atoms with Crippen LogP contribution >= 0.6 is 0 Å². The molecule has 0 heterocycles. The number of ether oxygens (including phenoxy) is 2. The monoisotopic (exact) mass is 482 g/mol. The third-order valence-corrected chi connectivity index (χ3v) is 8.28. The highest BCUT2D eigenvalue weighted by molar-refractivity contribution is 8.63. The van der Waals surface area contributed by atoms with Gasteiger partial charge in [0.15, 0.2) is 0 Å². The molecule has 0 aliphatic carbocycles. The largest absolute Gasteiger partial charge is 0.448 e. The van der Waals surface area contributed by atoms with Crippen LogP contribution in [0.25, 0.3) is 0 Å². The Kier molecular flexibility index (Phi) is 9.09. The Labute approximate surface area is 186 Å². The van der Waals surface area contributed by atoms with Crippen LogP contribution in [0.2, 0.25) is 0 Å². The van der Waals surface area contributed by atoms with E-state index in [4.69, 9.17) is 9.47 Å². The summed E-state index contributed by atoms with van der Waals surface area (Å²) in [6, 6.07) is 10.5. The van der Waals surface area contributed by atoms with Gasteiger partial charge in [0.1, 0.15) is 0 Å². The molecular formula is C18H18N4O8S2. The van der Waals surface area contributed by atoms with E-state index >= 15 is 0 Å². The van der Waals surface area contributed by atoms with Crippen molar-refractivity contribution in [3.05, 3.63) is 68.8 Å². The van der Waals surface area contributed by atoms with Gasteiger partial charge in [0.05, 0.1) is 23.1 Å². The maximum atomic E-state index is 12.2. The predicted molar refractivity (Wildman–Crippen MR) is 116 cm³/mol. The van der Waals surface area contributed by atoms with Gasteiger partial charge < -0.3 is 9.47 Å². The third kappa shape index (κ3) is 6.75. The zero-order valence-electron chi connectivity index (χ0n) is 16.9. The van der Waals surface area contributed by atoms with Crippen LogP contribution in [0.4, 0.5) is 21.0 Å². The number of benzene rings is 2. The van der Waals surface area contributed by atoms with Crippen LogP contribution in [0, 0.1) is 20.2 Å². The SMILES string of the molecule is CCOC(=O)N=S(c1ccc([N+](=O)[O-])cc1)S(=NC(=O)OCC)c1ccc([N+](=O)[O-])cc1. The maximum Gasteiger partial charge on any atom is 0.440 e. The molecule has 0 aromatic heterocycles. The minimum absolute atomic E-state index is 0.0557. The molecule has 0 radical (unpaired) electrons. The fraction of sp³-hybridized carbons (Fsp3) is 0.222. The summed E-state index contributed by atoms with van der Waals surface area (Å²) in [5, 5.41) is 22.0. The molecule has 0 fully saturated rings. The van der Waals surface area contributed by atoms with Crippen LogP contribution in [0.15, 0.2) is 67.0 Å². The number of non-ortho nitro benzene ring substituents is 2. The van der Waals surface area contributed by atoms with Gasteiger partial charge in [0, 0.05) is 53.5 Å². The lowest BCUT2D eigenvalue weighted by Gasteiger charge is -2.13. The molecule has 0 N–H and O–H groups in total. The standard InChI is InChI=1S/C18H18N4O8S2/c1-3-29-17(23)19-31(15-9-5-13(6-10-15)21(25)26)32(20-18(24)30-4-2)16-11-7-14(8-12-16)22(27)28/h5-12H,3-4H2,1-2H3. The maximum absolute atomic E-state index is 12.2. The molecular weight excluding hydrogens is 464 g/mol. The molecule has 2 unspecified atom stereocenters. The van der Waals surface area contributed by atoms with Gasteiger partial charge in [0.2, 0.25) is 0 Å². The van der Waals surface area contributed by atoms with E-state index in [1.807, 2.05) is 0 Å². The number of carbonyl (C=O) groups excluding carboxylic acids is 2. The van der Waals surface area contributed by atoms with Crippen LogP contribution in [-0.4, -0.2) is 35.2 Å². The van der Waals surface area contributed by atoms with Crippen molar-refractivity contribution >= 4 is 43.0 Å². The Morgan fingerprint density at radius 1 is 0.750 bits per heavy atom. The quantitative estimate of drug-likeness (QED) is 0.310. The molecule has 2 rings (SSSR count). The van der Waals surface area contributed by atoms with Crippen LogP contribution in [-0.2, 0) is 28.9 Å². The first-order chi connectivity index (χ1) is 15.3. The van der Waals surface area contributed by atoms with Gasteiger partial charge in [-0.2, -0.15) is 0 Å². The molecule has 2 aromatic rings. The zero-order valence-corrected chi connectivity index (χ0v) is 18.5.